The first kappa shape index (κ1) is 11.5. The van der Waals surface area contributed by atoms with Crippen LogP contribution >= 0.6 is 0 Å². The molecule has 4 aliphatic rings. The average Bonchev–Trinajstić information content (AvgIpc) is 2.79. The molecule has 0 bridgehead atoms. The molecule has 1 N–H and O–H groups in total. The number of carbonyl (C=O) groups excluding carboxylic acids is 1. The van der Waals surface area contributed by atoms with Crippen molar-refractivity contribution in [2.24, 2.45) is 17.3 Å². The van der Waals surface area contributed by atoms with Crippen LogP contribution in [0.1, 0.15) is 39.0 Å². The van der Waals surface area contributed by atoms with Crippen molar-refractivity contribution in [1.82, 2.24) is 5.32 Å². The van der Waals surface area contributed by atoms with Crippen molar-refractivity contribution in [2.45, 2.75) is 39.0 Å². The molecule has 3 aliphatic carbocycles. The van der Waals surface area contributed by atoms with Crippen LogP contribution in [0.2, 0.25) is 0 Å². The summed E-state index contributed by atoms with van der Waals surface area (Å²) in [7, 11) is 0. The lowest BCUT2D eigenvalue weighted by atomic mass is 9.71. The van der Waals surface area contributed by atoms with Gasteiger partial charge >= 0.3 is 0 Å². The van der Waals surface area contributed by atoms with Crippen molar-refractivity contribution in [3.05, 3.63) is 35.1 Å². The van der Waals surface area contributed by atoms with E-state index in [1.165, 1.54) is 29.6 Å². The summed E-state index contributed by atoms with van der Waals surface area (Å²) < 4.78 is 0. The minimum atomic E-state index is -0.153. The molecule has 2 heteroatoms. The molecular formula is C17H21NO. The fourth-order valence-electron chi connectivity index (χ4n) is 4.84. The van der Waals surface area contributed by atoms with Crippen LogP contribution in [0.25, 0.3) is 0 Å². The zero-order valence-electron chi connectivity index (χ0n) is 11.5. The number of nitrogens with one attached hydrogen (secondary N) is 1. The van der Waals surface area contributed by atoms with E-state index in [1.54, 1.807) is 0 Å². The van der Waals surface area contributed by atoms with Crippen LogP contribution in [0.4, 0.5) is 0 Å². The zero-order chi connectivity index (χ0) is 13.0. The number of ketones is 1. The van der Waals surface area contributed by atoms with Crippen LogP contribution < -0.4 is 5.32 Å². The normalized spacial score (nSPS) is 40.3. The van der Waals surface area contributed by atoms with Gasteiger partial charge in [-0.2, -0.15) is 0 Å². The third kappa shape index (κ3) is 1.35. The highest BCUT2D eigenvalue weighted by atomic mass is 16.1. The Kier molecular flexibility index (Phi) is 2.33. The molecule has 2 unspecified atom stereocenters. The van der Waals surface area contributed by atoms with Crippen molar-refractivity contribution in [2.75, 3.05) is 6.54 Å². The number of Topliss-reactive ketones (excluding diaryl/α,β-unsaturated/α-hetero) is 1. The molecule has 0 radical (unpaired) electrons. The van der Waals surface area contributed by atoms with Crippen LogP contribution in [0, 0.1) is 17.3 Å². The van der Waals surface area contributed by atoms with Gasteiger partial charge in [0.2, 0.25) is 0 Å². The summed E-state index contributed by atoms with van der Waals surface area (Å²) >= 11 is 0. The summed E-state index contributed by atoms with van der Waals surface area (Å²) in [5.41, 5.74) is 3.98. The Hall–Kier alpha value is -1.31. The summed E-state index contributed by atoms with van der Waals surface area (Å²) in [6, 6.07) is 0. The summed E-state index contributed by atoms with van der Waals surface area (Å²) in [6.07, 6.45) is 12.5. The van der Waals surface area contributed by atoms with E-state index in [1.807, 2.05) is 0 Å². The molecule has 4 rings (SSSR count). The smallest absolute Gasteiger partial charge is 0.146 e. The fourth-order valence-corrected chi connectivity index (χ4v) is 4.84. The first-order valence-electron chi connectivity index (χ1n) is 7.62. The van der Waals surface area contributed by atoms with Gasteiger partial charge in [-0.15, -0.1) is 0 Å². The average molecular weight is 255 g/mol. The highest BCUT2D eigenvalue weighted by Gasteiger charge is 2.59. The van der Waals surface area contributed by atoms with E-state index < -0.39 is 0 Å². The van der Waals surface area contributed by atoms with Crippen LogP contribution in [-0.2, 0) is 4.79 Å². The minimum Gasteiger partial charge on any atom is -0.387 e. The van der Waals surface area contributed by atoms with E-state index in [0.29, 0.717) is 11.7 Å². The van der Waals surface area contributed by atoms with Gasteiger partial charge in [-0.05, 0) is 54.7 Å². The topological polar surface area (TPSA) is 29.1 Å². The third-order valence-electron chi connectivity index (χ3n) is 5.61. The fraction of sp³-hybridized carbons (Fsp3) is 0.588. The maximum atomic E-state index is 12.9. The van der Waals surface area contributed by atoms with Crippen molar-refractivity contribution in [1.29, 1.82) is 0 Å². The maximum absolute atomic E-state index is 12.9. The SMILES string of the molecule is C[C@@H]1CC2CCCC=C3C4=CCNC=C4CC32C1=O. The molecule has 1 aliphatic heterocycles. The first-order valence-corrected chi connectivity index (χ1v) is 7.62. The predicted molar refractivity (Wildman–Crippen MR) is 75.4 cm³/mol. The molecule has 0 amide bonds. The first-order chi connectivity index (χ1) is 9.23. The molecule has 1 heterocycles. The van der Waals surface area contributed by atoms with Gasteiger partial charge in [-0.1, -0.05) is 19.1 Å². The Morgan fingerprint density at radius 3 is 3.16 bits per heavy atom. The number of dihydropyridines is 1. The summed E-state index contributed by atoms with van der Waals surface area (Å²) in [6.45, 7) is 3.03. The Morgan fingerprint density at radius 2 is 2.26 bits per heavy atom. The number of fused-ring (bicyclic) bond motifs is 2. The van der Waals surface area contributed by atoms with Crippen molar-refractivity contribution in [3.8, 4) is 0 Å². The Morgan fingerprint density at radius 1 is 1.37 bits per heavy atom. The second kappa shape index (κ2) is 3.84. The lowest BCUT2D eigenvalue weighted by Crippen LogP contribution is -2.32. The number of hydrogen-bond acceptors (Lipinski definition) is 2. The molecule has 0 aromatic heterocycles. The summed E-state index contributed by atoms with van der Waals surface area (Å²) in [4.78, 5) is 12.9. The monoisotopic (exact) mass is 255 g/mol. The summed E-state index contributed by atoms with van der Waals surface area (Å²) in [5, 5.41) is 3.31. The zero-order valence-corrected chi connectivity index (χ0v) is 11.5. The molecule has 1 spiro atoms. The van der Waals surface area contributed by atoms with Crippen molar-refractivity contribution >= 4 is 5.78 Å². The molecule has 19 heavy (non-hydrogen) atoms. The highest BCUT2D eigenvalue weighted by Crippen LogP contribution is 2.62. The van der Waals surface area contributed by atoms with E-state index in [0.717, 1.165) is 25.8 Å². The number of rotatable bonds is 0. The van der Waals surface area contributed by atoms with Gasteiger partial charge in [0.25, 0.3) is 0 Å². The largest absolute Gasteiger partial charge is 0.387 e. The molecule has 0 saturated heterocycles. The van der Waals surface area contributed by atoms with Gasteiger partial charge < -0.3 is 5.32 Å². The van der Waals surface area contributed by atoms with E-state index in [9.17, 15) is 4.79 Å². The summed E-state index contributed by atoms with van der Waals surface area (Å²) in [5.74, 6) is 1.35. The Balaban J connectivity index is 1.92. The van der Waals surface area contributed by atoms with Crippen molar-refractivity contribution < 1.29 is 4.79 Å². The van der Waals surface area contributed by atoms with E-state index >= 15 is 0 Å². The molecule has 3 atom stereocenters. The lowest BCUT2D eigenvalue weighted by Gasteiger charge is -2.29. The van der Waals surface area contributed by atoms with Gasteiger partial charge in [0.1, 0.15) is 5.78 Å². The van der Waals surface area contributed by atoms with Gasteiger partial charge in [0, 0.05) is 18.7 Å². The number of hydrogen-bond donors (Lipinski definition) is 1. The molecular weight excluding hydrogens is 234 g/mol. The quantitative estimate of drug-likeness (QED) is 0.720. The molecule has 0 aromatic carbocycles. The van der Waals surface area contributed by atoms with E-state index in [2.05, 4.69) is 30.6 Å². The predicted octanol–water partition coefficient (Wildman–Crippen LogP) is 3.13. The van der Waals surface area contributed by atoms with E-state index in [4.69, 9.17) is 0 Å². The van der Waals surface area contributed by atoms with Gasteiger partial charge in [0.15, 0.2) is 0 Å². The molecule has 2 fully saturated rings. The number of allylic oxidation sites excluding steroid dienone is 4. The number of carbonyl (C=O) groups is 1. The van der Waals surface area contributed by atoms with E-state index in [-0.39, 0.29) is 11.3 Å². The minimum absolute atomic E-state index is 0.153. The Labute approximate surface area is 114 Å². The second-order valence-corrected chi connectivity index (χ2v) is 6.59. The second-order valence-electron chi connectivity index (χ2n) is 6.59. The Bertz CT molecular complexity index is 539. The van der Waals surface area contributed by atoms with Crippen molar-refractivity contribution in [3.63, 3.8) is 0 Å². The van der Waals surface area contributed by atoms with Gasteiger partial charge in [-0.3, -0.25) is 4.79 Å². The standard InChI is InChI=1S/C17H21NO/c1-11-8-13-4-2-3-5-15-14-6-7-18-10-12(14)9-17(13,15)16(11)19/h5-6,10-11,13,18H,2-4,7-9H2,1H3/t11-,13?,17?/m1/s1. The molecule has 100 valence electrons. The van der Waals surface area contributed by atoms with Crippen LogP contribution in [0.3, 0.4) is 0 Å². The molecule has 2 saturated carbocycles. The van der Waals surface area contributed by atoms with Gasteiger partial charge in [0.05, 0.1) is 5.41 Å². The third-order valence-corrected chi connectivity index (χ3v) is 5.61. The molecule has 2 nitrogen and oxygen atoms in total. The molecule has 0 aromatic rings. The maximum Gasteiger partial charge on any atom is 0.146 e. The van der Waals surface area contributed by atoms with Crippen LogP contribution in [0.15, 0.2) is 35.1 Å². The van der Waals surface area contributed by atoms with Crippen LogP contribution in [-0.4, -0.2) is 12.3 Å². The highest BCUT2D eigenvalue weighted by molar-refractivity contribution is 5.96. The van der Waals surface area contributed by atoms with Gasteiger partial charge in [-0.25, -0.2) is 0 Å². The van der Waals surface area contributed by atoms with Crippen LogP contribution in [0.5, 0.6) is 0 Å². The lowest BCUT2D eigenvalue weighted by molar-refractivity contribution is -0.127.